The van der Waals surface area contributed by atoms with Gasteiger partial charge in [-0.05, 0) is 31.2 Å². The number of likely N-dealkylation sites (N-methyl/N-ethyl adjacent to an activating group) is 1. The summed E-state index contributed by atoms with van der Waals surface area (Å²) in [5.74, 6) is -0.0000202. The van der Waals surface area contributed by atoms with Gasteiger partial charge in [0, 0.05) is 37.8 Å². The van der Waals surface area contributed by atoms with Crippen LogP contribution < -0.4 is 4.90 Å². The zero-order chi connectivity index (χ0) is 13.8. The fourth-order valence-corrected chi connectivity index (χ4v) is 2.32. The van der Waals surface area contributed by atoms with E-state index in [1.165, 1.54) is 12.1 Å². The van der Waals surface area contributed by atoms with Gasteiger partial charge >= 0.3 is 0 Å². The van der Waals surface area contributed by atoms with Crippen LogP contribution >= 0.6 is 0 Å². The Morgan fingerprint density at radius 3 is 2.58 bits per heavy atom. The Labute approximate surface area is 112 Å². The van der Waals surface area contributed by atoms with E-state index in [9.17, 15) is 9.18 Å². The van der Waals surface area contributed by atoms with Gasteiger partial charge in [0.05, 0.1) is 6.54 Å². The molecule has 1 fully saturated rings. The van der Waals surface area contributed by atoms with Gasteiger partial charge in [-0.2, -0.15) is 0 Å². The highest BCUT2D eigenvalue weighted by atomic mass is 19.1. The van der Waals surface area contributed by atoms with Crippen LogP contribution in [0.2, 0.25) is 0 Å². The van der Waals surface area contributed by atoms with Crippen molar-refractivity contribution >= 4 is 11.6 Å². The summed E-state index contributed by atoms with van der Waals surface area (Å²) in [6.45, 7) is 4.52. The van der Waals surface area contributed by atoms with E-state index in [1.807, 2.05) is 11.8 Å². The van der Waals surface area contributed by atoms with Crippen LogP contribution in [-0.2, 0) is 4.79 Å². The van der Waals surface area contributed by atoms with E-state index in [-0.39, 0.29) is 18.3 Å². The van der Waals surface area contributed by atoms with Gasteiger partial charge in [-0.3, -0.25) is 9.69 Å². The number of hydrogen-bond acceptors (Lipinski definition) is 3. The Kier molecular flexibility index (Phi) is 4.50. The molecule has 0 aromatic heterocycles. The quantitative estimate of drug-likeness (QED) is 0.868. The van der Waals surface area contributed by atoms with Crippen LogP contribution in [0.15, 0.2) is 24.3 Å². The minimum Gasteiger partial charge on any atom is -0.396 e. The maximum absolute atomic E-state index is 12.9. The summed E-state index contributed by atoms with van der Waals surface area (Å²) in [6, 6.07) is 5.94. The summed E-state index contributed by atoms with van der Waals surface area (Å²) in [4.78, 5) is 15.8. The van der Waals surface area contributed by atoms with Crippen molar-refractivity contribution in [1.29, 1.82) is 0 Å². The zero-order valence-electron chi connectivity index (χ0n) is 11.1. The molecule has 1 heterocycles. The molecule has 0 atom stereocenters. The summed E-state index contributed by atoms with van der Waals surface area (Å²) in [7, 11) is 0. The van der Waals surface area contributed by atoms with Crippen molar-refractivity contribution < 1.29 is 14.3 Å². The Morgan fingerprint density at radius 2 is 2.05 bits per heavy atom. The fourth-order valence-electron chi connectivity index (χ4n) is 2.32. The molecule has 1 aromatic carbocycles. The standard InChI is InChI=1S/C14H19FN2O2/c1-2-17(13-5-3-12(15)4-6-13)14(19)9-16-7-11(8-16)10-18/h3-6,11,18H,2,7-10H2,1H3. The van der Waals surface area contributed by atoms with Crippen molar-refractivity contribution in [3.63, 3.8) is 0 Å². The summed E-state index contributed by atoms with van der Waals surface area (Å²) < 4.78 is 12.9. The van der Waals surface area contributed by atoms with Gasteiger partial charge in [-0.25, -0.2) is 4.39 Å². The Balaban J connectivity index is 1.94. The lowest BCUT2D eigenvalue weighted by atomic mass is 10.0. The second-order valence-corrected chi connectivity index (χ2v) is 4.86. The summed E-state index contributed by atoms with van der Waals surface area (Å²) in [5.41, 5.74) is 0.716. The topological polar surface area (TPSA) is 43.8 Å². The first-order valence-corrected chi connectivity index (χ1v) is 6.53. The van der Waals surface area contributed by atoms with Crippen LogP contribution in [-0.4, -0.2) is 48.7 Å². The van der Waals surface area contributed by atoms with E-state index in [0.717, 1.165) is 13.1 Å². The van der Waals surface area contributed by atoms with Gasteiger partial charge in [0.25, 0.3) is 0 Å². The molecule has 0 bridgehead atoms. The van der Waals surface area contributed by atoms with E-state index in [4.69, 9.17) is 5.11 Å². The normalized spacial score (nSPS) is 16.2. The number of halogens is 1. The van der Waals surface area contributed by atoms with Crippen LogP contribution in [0.5, 0.6) is 0 Å². The number of carbonyl (C=O) groups is 1. The van der Waals surface area contributed by atoms with Gasteiger partial charge in [0.1, 0.15) is 5.82 Å². The molecule has 1 aliphatic heterocycles. The lowest BCUT2D eigenvalue weighted by molar-refractivity contribution is -0.121. The van der Waals surface area contributed by atoms with Gasteiger partial charge in [0.2, 0.25) is 5.91 Å². The van der Waals surface area contributed by atoms with Crippen molar-refractivity contribution in [2.45, 2.75) is 6.92 Å². The van der Waals surface area contributed by atoms with Crippen molar-refractivity contribution in [1.82, 2.24) is 4.90 Å². The maximum Gasteiger partial charge on any atom is 0.241 e. The molecule has 5 heteroatoms. The second kappa shape index (κ2) is 6.12. The lowest BCUT2D eigenvalue weighted by Gasteiger charge is -2.38. The third kappa shape index (κ3) is 3.30. The highest BCUT2D eigenvalue weighted by molar-refractivity contribution is 5.94. The molecule has 1 saturated heterocycles. The molecule has 0 saturated carbocycles. The number of likely N-dealkylation sites (tertiary alicyclic amines) is 1. The van der Waals surface area contributed by atoms with Crippen molar-refractivity contribution in [3.8, 4) is 0 Å². The Bertz CT molecular complexity index is 430. The van der Waals surface area contributed by atoms with Crippen LogP contribution in [0, 0.1) is 11.7 Å². The third-order valence-electron chi connectivity index (χ3n) is 3.41. The Hall–Kier alpha value is -1.46. The fraction of sp³-hybridized carbons (Fsp3) is 0.500. The number of rotatable bonds is 5. The molecule has 0 unspecified atom stereocenters. The van der Waals surface area contributed by atoms with Crippen molar-refractivity contribution in [2.24, 2.45) is 5.92 Å². The number of benzene rings is 1. The van der Waals surface area contributed by atoms with E-state index in [1.54, 1.807) is 17.0 Å². The number of anilines is 1. The third-order valence-corrected chi connectivity index (χ3v) is 3.41. The van der Waals surface area contributed by atoms with Crippen molar-refractivity contribution in [2.75, 3.05) is 37.7 Å². The van der Waals surface area contributed by atoms with Gasteiger partial charge < -0.3 is 10.0 Å². The van der Waals surface area contributed by atoms with Crippen molar-refractivity contribution in [3.05, 3.63) is 30.1 Å². The smallest absolute Gasteiger partial charge is 0.241 e. The molecular formula is C14H19FN2O2. The zero-order valence-corrected chi connectivity index (χ0v) is 11.1. The van der Waals surface area contributed by atoms with Crippen LogP contribution in [0.3, 0.4) is 0 Å². The van der Waals surface area contributed by atoms with Gasteiger partial charge in [0.15, 0.2) is 0 Å². The molecule has 2 rings (SSSR count). The first-order valence-electron chi connectivity index (χ1n) is 6.53. The minimum absolute atomic E-state index is 0.00509. The molecule has 0 radical (unpaired) electrons. The molecule has 4 nitrogen and oxygen atoms in total. The molecule has 1 aliphatic rings. The predicted octanol–water partition coefficient (Wildman–Crippen LogP) is 1.10. The average molecular weight is 266 g/mol. The van der Waals surface area contributed by atoms with Gasteiger partial charge in [-0.1, -0.05) is 0 Å². The maximum atomic E-state index is 12.9. The first kappa shape index (κ1) is 14.0. The second-order valence-electron chi connectivity index (χ2n) is 4.86. The number of amides is 1. The molecule has 0 aliphatic carbocycles. The van der Waals surface area contributed by atoms with E-state index < -0.39 is 0 Å². The lowest BCUT2D eigenvalue weighted by Crippen LogP contribution is -2.52. The molecule has 1 aromatic rings. The number of aliphatic hydroxyl groups excluding tert-OH is 1. The number of aliphatic hydroxyl groups is 1. The van der Waals surface area contributed by atoms with E-state index in [2.05, 4.69) is 0 Å². The highest BCUT2D eigenvalue weighted by Gasteiger charge is 2.28. The molecule has 1 N–H and O–H groups in total. The number of nitrogens with zero attached hydrogens (tertiary/aromatic N) is 2. The van der Waals surface area contributed by atoms with Crippen LogP contribution in [0.25, 0.3) is 0 Å². The molecule has 0 spiro atoms. The molecule has 104 valence electrons. The molecule has 19 heavy (non-hydrogen) atoms. The summed E-state index contributed by atoms with van der Waals surface area (Å²) >= 11 is 0. The van der Waals surface area contributed by atoms with Crippen LogP contribution in [0.1, 0.15) is 6.92 Å². The van der Waals surface area contributed by atoms with Crippen LogP contribution in [0.4, 0.5) is 10.1 Å². The summed E-state index contributed by atoms with van der Waals surface area (Å²) in [6.07, 6.45) is 0. The van der Waals surface area contributed by atoms with E-state index in [0.29, 0.717) is 24.7 Å². The first-order chi connectivity index (χ1) is 9.13. The highest BCUT2D eigenvalue weighted by Crippen LogP contribution is 2.18. The van der Waals surface area contributed by atoms with Gasteiger partial charge in [-0.15, -0.1) is 0 Å². The molecular weight excluding hydrogens is 247 g/mol. The SMILES string of the molecule is CCN(C(=O)CN1CC(CO)C1)c1ccc(F)cc1. The minimum atomic E-state index is -0.305. The average Bonchev–Trinajstić information content (AvgIpc) is 2.36. The summed E-state index contributed by atoms with van der Waals surface area (Å²) in [5, 5.41) is 8.94. The molecule has 1 amide bonds. The predicted molar refractivity (Wildman–Crippen MR) is 71.4 cm³/mol. The monoisotopic (exact) mass is 266 g/mol. The largest absolute Gasteiger partial charge is 0.396 e. The van der Waals surface area contributed by atoms with E-state index >= 15 is 0 Å². The Morgan fingerprint density at radius 1 is 1.42 bits per heavy atom. The number of hydrogen-bond donors (Lipinski definition) is 1. The number of carbonyl (C=O) groups excluding carboxylic acids is 1.